The molecule has 0 spiro atoms. The highest BCUT2D eigenvalue weighted by Gasteiger charge is 2.17. The molecular weight excluding hydrogens is 272 g/mol. The number of carbonyl (C=O) groups is 2. The molecule has 3 N–H and O–H groups in total. The van der Waals surface area contributed by atoms with Gasteiger partial charge in [0.1, 0.15) is 0 Å². The Morgan fingerprint density at radius 1 is 1.21 bits per heavy atom. The van der Waals surface area contributed by atoms with Gasteiger partial charge in [0.05, 0.1) is 11.7 Å². The molecule has 0 aromatic heterocycles. The second-order valence-corrected chi connectivity index (χ2v) is 6.67. The highest BCUT2D eigenvalue weighted by Crippen LogP contribution is 2.04. The topological polar surface area (TPSA) is 113 Å². The third-order valence-electron chi connectivity index (χ3n) is 2.63. The molecule has 0 rings (SSSR count). The van der Waals surface area contributed by atoms with Gasteiger partial charge < -0.3 is 15.7 Å². The molecule has 0 saturated heterocycles. The summed E-state index contributed by atoms with van der Waals surface area (Å²) >= 11 is 0. The zero-order chi connectivity index (χ0) is 14.9. The zero-order valence-electron chi connectivity index (χ0n) is 11.3. The first-order chi connectivity index (χ1) is 8.82. The molecule has 0 aliphatic carbocycles. The van der Waals surface area contributed by atoms with Crippen molar-refractivity contribution in [1.29, 1.82) is 0 Å². The molecule has 0 saturated carbocycles. The van der Waals surface area contributed by atoms with Crippen molar-refractivity contribution in [3.05, 3.63) is 0 Å². The minimum atomic E-state index is -3.11. The van der Waals surface area contributed by atoms with Crippen molar-refractivity contribution in [2.24, 2.45) is 5.92 Å². The maximum atomic E-state index is 11.3. The lowest BCUT2D eigenvalue weighted by Gasteiger charge is -2.13. The Morgan fingerprint density at radius 3 is 2.32 bits per heavy atom. The van der Waals surface area contributed by atoms with Crippen LogP contribution in [0.3, 0.4) is 0 Å². The van der Waals surface area contributed by atoms with Crippen LogP contribution >= 0.6 is 0 Å². The van der Waals surface area contributed by atoms with Crippen molar-refractivity contribution < 1.29 is 23.1 Å². The molecule has 0 aromatic carbocycles. The predicted octanol–water partition coefficient (Wildman–Crippen LogP) is 0.221. The maximum absolute atomic E-state index is 11.3. The van der Waals surface area contributed by atoms with Crippen molar-refractivity contribution in [3.8, 4) is 0 Å². The molecule has 8 heteroatoms. The predicted molar refractivity (Wildman–Crippen MR) is 71.8 cm³/mol. The Labute approximate surface area is 113 Å². The lowest BCUT2D eigenvalue weighted by Crippen LogP contribution is -2.41. The molecule has 0 heterocycles. The molecular formula is C11H22N2O5S. The first-order valence-electron chi connectivity index (χ1n) is 6.27. The van der Waals surface area contributed by atoms with Crippen LogP contribution in [0.1, 0.15) is 26.7 Å². The summed E-state index contributed by atoms with van der Waals surface area (Å²) in [5, 5.41) is 13.7. The maximum Gasteiger partial charge on any atom is 0.314 e. The van der Waals surface area contributed by atoms with Crippen LogP contribution in [-0.2, 0) is 14.6 Å². The van der Waals surface area contributed by atoms with E-state index in [2.05, 4.69) is 10.6 Å². The fourth-order valence-electron chi connectivity index (χ4n) is 1.40. The zero-order valence-corrected chi connectivity index (χ0v) is 12.1. The van der Waals surface area contributed by atoms with Gasteiger partial charge in [-0.05, 0) is 6.42 Å². The Hall–Kier alpha value is -1.31. The molecule has 7 nitrogen and oxygen atoms in total. The SMILES string of the molecule is CCCC(CNC(=O)NCCS(=O)(=O)CC)C(=O)O. The molecule has 0 aliphatic rings. The lowest BCUT2D eigenvalue weighted by molar-refractivity contribution is -0.141. The number of carbonyl (C=O) groups excluding carboxylic acids is 1. The van der Waals surface area contributed by atoms with Crippen LogP contribution < -0.4 is 10.6 Å². The average molecular weight is 294 g/mol. The van der Waals surface area contributed by atoms with Crippen LogP contribution in [0.2, 0.25) is 0 Å². The summed E-state index contributed by atoms with van der Waals surface area (Å²) in [7, 11) is -3.11. The minimum Gasteiger partial charge on any atom is -0.481 e. The molecule has 1 unspecified atom stereocenters. The minimum absolute atomic E-state index is 0.0214. The van der Waals surface area contributed by atoms with E-state index in [0.29, 0.717) is 6.42 Å². The monoisotopic (exact) mass is 294 g/mol. The lowest BCUT2D eigenvalue weighted by atomic mass is 10.0. The van der Waals surface area contributed by atoms with Crippen LogP contribution in [0, 0.1) is 5.92 Å². The fraction of sp³-hybridized carbons (Fsp3) is 0.818. The summed E-state index contributed by atoms with van der Waals surface area (Å²) in [4.78, 5) is 22.2. The highest BCUT2D eigenvalue weighted by atomic mass is 32.2. The number of carboxylic acids is 1. The van der Waals surface area contributed by atoms with E-state index in [1.807, 2.05) is 6.92 Å². The summed E-state index contributed by atoms with van der Waals surface area (Å²) in [6.45, 7) is 3.46. The second-order valence-electron chi connectivity index (χ2n) is 4.20. The Kier molecular flexibility index (Phi) is 8.13. The number of sulfone groups is 1. The van der Waals surface area contributed by atoms with E-state index in [1.54, 1.807) is 0 Å². The Bertz CT molecular complexity index is 394. The molecule has 112 valence electrons. The standard InChI is InChI=1S/C11H22N2O5S/c1-3-5-9(10(14)15)8-13-11(16)12-6-7-19(17,18)4-2/h9H,3-8H2,1-2H3,(H,14,15)(H2,12,13,16). The van der Waals surface area contributed by atoms with Crippen LogP contribution in [-0.4, -0.2) is 50.1 Å². The molecule has 0 radical (unpaired) electrons. The van der Waals surface area contributed by atoms with Crippen molar-refractivity contribution in [2.75, 3.05) is 24.6 Å². The van der Waals surface area contributed by atoms with Crippen LogP contribution in [0.25, 0.3) is 0 Å². The van der Waals surface area contributed by atoms with Crippen LogP contribution in [0.5, 0.6) is 0 Å². The summed E-state index contributed by atoms with van der Waals surface area (Å²) < 4.78 is 22.3. The number of urea groups is 1. The van der Waals surface area contributed by atoms with Gasteiger partial charge in [-0.3, -0.25) is 4.79 Å². The van der Waals surface area contributed by atoms with E-state index in [4.69, 9.17) is 5.11 Å². The number of amides is 2. The first-order valence-corrected chi connectivity index (χ1v) is 8.09. The smallest absolute Gasteiger partial charge is 0.314 e. The number of rotatable bonds is 9. The molecule has 0 aliphatic heterocycles. The van der Waals surface area contributed by atoms with Gasteiger partial charge in [-0.25, -0.2) is 13.2 Å². The van der Waals surface area contributed by atoms with Crippen LogP contribution in [0.15, 0.2) is 0 Å². The summed E-state index contributed by atoms with van der Waals surface area (Å²) in [6.07, 6.45) is 1.20. The molecule has 0 aromatic rings. The normalized spacial score (nSPS) is 12.7. The average Bonchev–Trinajstić information content (AvgIpc) is 2.33. The second kappa shape index (κ2) is 8.73. The van der Waals surface area contributed by atoms with Crippen molar-refractivity contribution in [3.63, 3.8) is 0 Å². The third kappa shape index (κ3) is 8.41. The summed E-state index contributed by atoms with van der Waals surface area (Å²) in [6, 6.07) is -0.548. The van der Waals surface area contributed by atoms with Gasteiger partial charge in [-0.2, -0.15) is 0 Å². The number of hydrogen-bond acceptors (Lipinski definition) is 4. The number of hydrogen-bond donors (Lipinski definition) is 3. The molecule has 19 heavy (non-hydrogen) atoms. The fourth-order valence-corrected chi connectivity index (χ4v) is 2.11. The molecule has 0 bridgehead atoms. The van der Waals surface area contributed by atoms with E-state index in [-0.39, 0.29) is 24.6 Å². The molecule has 2 amide bonds. The highest BCUT2D eigenvalue weighted by molar-refractivity contribution is 7.91. The number of aliphatic carboxylic acids is 1. The number of carboxylic acid groups (broad SMARTS) is 1. The molecule has 0 fully saturated rings. The third-order valence-corrected chi connectivity index (χ3v) is 4.34. The van der Waals surface area contributed by atoms with E-state index < -0.39 is 27.8 Å². The van der Waals surface area contributed by atoms with Gasteiger partial charge in [0, 0.05) is 18.8 Å². The van der Waals surface area contributed by atoms with E-state index in [0.717, 1.165) is 6.42 Å². The van der Waals surface area contributed by atoms with Gasteiger partial charge >= 0.3 is 12.0 Å². The Morgan fingerprint density at radius 2 is 1.84 bits per heavy atom. The van der Waals surface area contributed by atoms with Crippen molar-refractivity contribution in [1.82, 2.24) is 10.6 Å². The first kappa shape index (κ1) is 17.7. The van der Waals surface area contributed by atoms with Gasteiger partial charge in [0.2, 0.25) is 0 Å². The van der Waals surface area contributed by atoms with Gasteiger partial charge in [0.25, 0.3) is 0 Å². The summed E-state index contributed by atoms with van der Waals surface area (Å²) in [5.41, 5.74) is 0. The van der Waals surface area contributed by atoms with Crippen molar-refractivity contribution >= 4 is 21.8 Å². The molecule has 1 atom stereocenters. The van der Waals surface area contributed by atoms with E-state index in [1.165, 1.54) is 6.92 Å². The van der Waals surface area contributed by atoms with E-state index in [9.17, 15) is 18.0 Å². The Balaban J connectivity index is 3.95. The van der Waals surface area contributed by atoms with Gasteiger partial charge in [-0.1, -0.05) is 20.3 Å². The quantitative estimate of drug-likeness (QED) is 0.563. The summed E-state index contributed by atoms with van der Waals surface area (Å²) in [5.74, 6) is -1.65. The van der Waals surface area contributed by atoms with Gasteiger partial charge in [0.15, 0.2) is 9.84 Å². The van der Waals surface area contributed by atoms with Crippen molar-refractivity contribution in [2.45, 2.75) is 26.7 Å². The van der Waals surface area contributed by atoms with Crippen LogP contribution in [0.4, 0.5) is 4.79 Å². The van der Waals surface area contributed by atoms with Gasteiger partial charge in [-0.15, -0.1) is 0 Å². The largest absolute Gasteiger partial charge is 0.481 e. The van der Waals surface area contributed by atoms with E-state index >= 15 is 0 Å². The number of nitrogens with one attached hydrogen (secondary N) is 2.